The first-order valence-electron chi connectivity index (χ1n) is 8.32. The molecule has 0 aromatic heterocycles. The lowest BCUT2D eigenvalue weighted by atomic mass is 10.1. The molecule has 2 aromatic rings. The Bertz CT molecular complexity index is 1010. The predicted molar refractivity (Wildman–Crippen MR) is 106 cm³/mol. The third-order valence-corrected chi connectivity index (χ3v) is 7.10. The fourth-order valence-corrected chi connectivity index (χ4v) is 4.76. The molecule has 7 nitrogen and oxygen atoms in total. The van der Waals surface area contributed by atoms with Crippen molar-refractivity contribution >= 4 is 45.0 Å². The second-order valence-corrected chi connectivity index (χ2v) is 8.97. The van der Waals surface area contributed by atoms with Gasteiger partial charge < -0.3 is 10.6 Å². The van der Waals surface area contributed by atoms with Gasteiger partial charge in [-0.05, 0) is 30.3 Å². The molecule has 1 saturated heterocycles. The molecule has 1 aliphatic heterocycles. The van der Waals surface area contributed by atoms with Crippen molar-refractivity contribution in [3.63, 3.8) is 0 Å². The van der Waals surface area contributed by atoms with Crippen LogP contribution in [0.5, 0.6) is 0 Å². The minimum Gasteiger partial charge on any atom is -0.368 e. The van der Waals surface area contributed by atoms with Gasteiger partial charge in [0.05, 0.1) is 14.9 Å². The van der Waals surface area contributed by atoms with Gasteiger partial charge in [0.25, 0.3) is 5.91 Å². The fourth-order valence-electron chi connectivity index (χ4n) is 3.00. The molecule has 0 saturated carbocycles. The van der Waals surface area contributed by atoms with Crippen LogP contribution in [-0.2, 0) is 14.8 Å². The van der Waals surface area contributed by atoms with Crippen molar-refractivity contribution in [1.82, 2.24) is 9.21 Å². The van der Waals surface area contributed by atoms with Gasteiger partial charge in [-0.1, -0.05) is 41.4 Å². The number of nitrogens with zero attached hydrogens (tertiary/aromatic N) is 2. The standard InChI is InChI=1S/C18H17Cl2N3O4S/c19-14-7-6-12(10-15(14)20)18(25)23-9-8-22(11-16(23)17(21)24)28(26,27)13-4-2-1-3-5-13/h1-7,10,16H,8-9,11H2,(H2,21,24). The third-order valence-electron chi connectivity index (χ3n) is 4.48. The molecular formula is C18H17Cl2N3O4S. The number of rotatable bonds is 4. The van der Waals surface area contributed by atoms with Gasteiger partial charge in [0.2, 0.25) is 15.9 Å². The molecule has 10 heteroatoms. The Hall–Kier alpha value is -2.13. The van der Waals surface area contributed by atoms with Crippen LogP contribution in [0.2, 0.25) is 10.0 Å². The van der Waals surface area contributed by atoms with Crippen molar-refractivity contribution in [3.05, 3.63) is 64.1 Å². The van der Waals surface area contributed by atoms with Crippen LogP contribution in [0.15, 0.2) is 53.4 Å². The first-order chi connectivity index (χ1) is 13.2. The van der Waals surface area contributed by atoms with E-state index < -0.39 is 27.9 Å². The highest BCUT2D eigenvalue weighted by Crippen LogP contribution is 2.25. The summed E-state index contributed by atoms with van der Waals surface area (Å²) < 4.78 is 26.8. The monoisotopic (exact) mass is 441 g/mol. The van der Waals surface area contributed by atoms with Gasteiger partial charge in [-0.2, -0.15) is 4.31 Å². The Kier molecular flexibility index (Phi) is 5.95. The molecule has 1 unspecified atom stereocenters. The number of carbonyl (C=O) groups excluding carboxylic acids is 2. The summed E-state index contributed by atoms with van der Waals surface area (Å²) in [6, 6.07) is 11.1. The summed E-state index contributed by atoms with van der Waals surface area (Å²) in [6.07, 6.45) is 0. The molecule has 1 atom stereocenters. The molecule has 2 amide bonds. The van der Waals surface area contributed by atoms with Crippen molar-refractivity contribution < 1.29 is 18.0 Å². The summed E-state index contributed by atoms with van der Waals surface area (Å²) in [5.74, 6) is -1.26. The highest BCUT2D eigenvalue weighted by molar-refractivity contribution is 7.89. The largest absolute Gasteiger partial charge is 0.368 e. The van der Waals surface area contributed by atoms with Gasteiger partial charge in [0.15, 0.2) is 0 Å². The fraction of sp³-hybridized carbons (Fsp3) is 0.222. The van der Waals surface area contributed by atoms with Crippen LogP contribution in [0.4, 0.5) is 0 Å². The molecule has 0 radical (unpaired) electrons. The Morgan fingerprint density at radius 2 is 1.68 bits per heavy atom. The van der Waals surface area contributed by atoms with Crippen LogP contribution in [0.25, 0.3) is 0 Å². The topological polar surface area (TPSA) is 101 Å². The van der Waals surface area contributed by atoms with Crippen LogP contribution in [-0.4, -0.2) is 55.1 Å². The van der Waals surface area contributed by atoms with Crippen LogP contribution in [0.1, 0.15) is 10.4 Å². The van der Waals surface area contributed by atoms with Crippen LogP contribution in [0.3, 0.4) is 0 Å². The molecule has 148 valence electrons. The van der Waals surface area contributed by atoms with E-state index in [9.17, 15) is 18.0 Å². The van der Waals surface area contributed by atoms with Crippen molar-refractivity contribution in [3.8, 4) is 0 Å². The highest BCUT2D eigenvalue weighted by atomic mass is 35.5. The molecule has 1 aliphatic rings. The van der Waals surface area contributed by atoms with Crippen LogP contribution in [0, 0.1) is 0 Å². The molecule has 0 bridgehead atoms. The molecule has 0 spiro atoms. The van der Waals surface area contributed by atoms with Crippen LogP contribution >= 0.6 is 23.2 Å². The van der Waals surface area contributed by atoms with E-state index in [0.717, 1.165) is 4.31 Å². The highest BCUT2D eigenvalue weighted by Gasteiger charge is 2.39. The lowest BCUT2D eigenvalue weighted by Crippen LogP contribution is -2.60. The molecule has 28 heavy (non-hydrogen) atoms. The maximum Gasteiger partial charge on any atom is 0.254 e. The lowest BCUT2D eigenvalue weighted by Gasteiger charge is -2.39. The summed E-state index contributed by atoms with van der Waals surface area (Å²) >= 11 is 11.8. The average molecular weight is 442 g/mol. The zero-order valence-electron chi connectivity index (χ0n) is 14.6. The number of carbonyl (C=O) groups is 2. The van der Waals surface area contributed by atoms with E-state index in [1.165, 1.54) is 35.2 Å². The lowest BCUT2D eigenvalue weighted by molar-refractivity contribution is -0.123. The number of benzene rings is 2. The van der Waals surface area contributed by atoms with E-state index in [0.29, 0.717) is 5.02 Å². The molecular weight excluding hydrogens is 425 g/mol. The van der Waals surface area contributed by atoms with Crippen molar-refractivity contribution in [2.24, 2.45) is 5.73 Å². The molecule has 2 aromatic carbocycles. The van der Waals surface area contributed by atoms with E-state index in [-0.39, 0.29) is 35.1 Å². The van der Waals surface area contributed by atoms with Gasteiger partial charge in [-0.15, -0.1) is 0 Å². The van der Waals surface area contributed by atoms with Gasteiger partial charge in [-0.3, -0.25) is 9.59 Å². The quantitative estimate of drug-likeness (QED) is 0.783. The number of primary amides is 1. The zero-order chi connectivity index (χ0) is 20.5. The summed E-state index contributed by atoms with van der Waals surface area (Å²) in [7, 11) is -3.81. The molecule has 1 fully saturated rings. The molecule has 1 heterocycles. The predicted octanol–water partition coefficient (Wildman–Crippen LogP) is 1.99. The van der Waals surface area contributed by atoms with E-state index in [1.807, 2.05) is 0 Å². The minimum atomic E-state index is -3.81. The summed E-state index contributed by atoms with van der Waals surface area (Å²) in [5, 5.41) is 0.497. The second-order valence-electron chi connectivity index (χ2n) is 6.22. The number of nitrogens with two attached hydrogens (primary N) is 1. The SMILES string of the molecule is NC(=O)C1CN(S(=O)(=O)c2ccccc2)CCN1C(=O)c1ccc(Cl)c(Cl)c1. The van der Waals surface area contributed by atoms with Gasteiger partial charge in [0, 0.05) is 25.2 Å². The number of sulfonamides is 1. The smallest absolute Gasteiger partial charge is 0.254 e. The Labute approximate surface area is 172 Å². The van der Waals surface area contributed by atoms with E-state index >= 15 is 0 Å². The summed E-state index contributed by atoms with van der Waals surface area (Å²) in [6.45, 7) is -0.174. The number of hydrogen-bond donors (Lipinski definition) is 1. The maximum absolute atomic E-state index is 12.9. The van der Waals surface area contributed by atoms with Gasteiger partial charge in [0.1, 0.15) is 6.04 Å². The van der Waals surface area contributed by atoms with E-state index in [1.54, 1.807) is 18.2 Å². The van der Waals surface area contributed by atoms with Crippen molar-refractivity contribution in [1.29, 1.82) is 0 Å². The first-order valence-corrected chi connectivity index (χ1v) is 10.5. The Balaban J connectivity index is 1.86. The molecule has 3 rings (SSSR count). The summed E-state index contributed by atoms with van der Waals surface area (Å²) in [5.41, 5.74) is 5.71. The van der Waals surface area contributed by atoms with E-state index in [2.05, 4.69) is 0 Å². The summed E-state index contributed by atoms with van der Waals surface area (Å²) in [4.78, 5) is 26.2. The molecule has 2 N–H and O–H groups in total. The third kappa shape index (κ3) is 4.00. The minimum absolute atomic E-state index is 0.0126. The zero-order valence-corrected chi connectivity index (χ0v) is 16.9. The van der Waals surface area contributed by atoms with Gasteiger partial charge >= 0.3 is 0 Å². The Morgan fingerprint density at radius 1 is 1.00 bits per heavy atom. The number of piperazine rings is 1. The number of hydrogen-bond acceptors (Lipinski definition) is 4. The molecule has 0 aliphatic carbocycles. The Morgan fingerprint density at radius 3 is 2.29 bits per heavy atom. The second kappa shape index (κ2) is 8.08. The van der Waals surface area contributed by atoms with Gasteiger partial charge in [-0.25, -0.2) is 8.42 Å². The maximum atomic E-state index is 12.9. The normalized spacial score (nSPS) is 18.1. The average Bonchev–Trinajstić information content (AvgIpc) is 2.69. The number of halogens is 2. The van der Waals surface area contributed by atoms with Crippen molar-refractivity contribution in [2.75, 3.05) is 19.6 Å². The number of amides is 2. The van der Waals surface area contributed by atoms with Crippen LogP contribution < -0.4 is 5.73 Å². The van der Waals surface area contributed by atoms with E-state index in [4.69, 9.17) is 28.9 Å². The van der Waals surface area contributed by atoms with Crippen molar-refractivity contribution in [2.45, 2.75) is 10.9 Å². The first kappa shape index (κ1) is 20.6.